The van der Waals surface area contributed by atoms with E-state index in [0.717, 1.165) is 10.8 Å². The van der Waals surface area contributed by atoms with Gasteiger partial charge in [-0.25, -0.2) is 0 Å². The molecule has 0 spiro atoms. The standard InChI is InChI=1S/C19H37NO3S/c1-5-7-9-10-12-14-18(13-11-8-6-2)24-16-15-19(22)20(4)23-17(3)21/h18H,5-16H2,1-4H3. The van der Waals surface area contributed by atoms with Crippen LogP contribution < -0.4 is 0 Å². The topological polar surface area (TPSA) is 46.6 Å². The minimum Gasteiger partial charge on any atom is -0.339 e. The van der Waals surface area contributed by atoms with Gasteiger partial charge in [-0.3, -0.25) is 9.59 Å². The predicted octanol–water partition coefficient (Wildman–Crippen LogP) is 5.36. The zero-order valence-corrected chi connectivity index (χ0v) is 17.0. The first-order valence-corrected chi connectivity index (χ1v) is 10.6. The highest BCUT2D eigenvalue weighted by atomic mass is 32.2. The Hall–Kier alpha value is -0.710. The lowest BCUT2D eigenvalue weighted by Crippen LogP contribution is -2.29. The summed E-state index contributed by atoms with van der Waals surface area (Å²) in [5, 5.41) is 1.71. The number of nitrogens with zero attached hydrogens (tertiary/aromatic N) is 1. The number of rotatable bonds is 14. The predicted molar refractivity (Wildman–Crippen MR) is 103 cm³/mol. The van der Waals surface area contributed by atoms with Gasteiger partial charge in [-0.1, -0.05) is 65.2 Å². The fourth-order valence-corrected chi connectivity index (χ4v) is 3.92. The average molecular weight is 360 g/mol. The van der Waals surface area contributed by atoms with Crippen LogP contribution in [0, 0.1) is 0 Å². The number of hydrogen-bond acceptors (Lipinski definition) is 4. The molecule has 0 rings (SSSR count). The molecule has 0 saturated carbocycles. The first kappa shape index (κ1) is 23.3. The van der Waals surface area contributed by atoms with Crippen molar-refractivity contribution < 1.29 is 14.4 Å². The molecule has 0 aromatic heterocycles. The molecule has 0 aliphatic carbocycles. The highest BCUT2D eigenvalue weighted by Crippen LogP contribution is 2.24. The van der Waals surface area contributed by atoms with Gasteiger partial charge in [0.25, 0.3) is 5.91 Å². The molecule has 0 aliphatic rings. The summed E-state index contributed by atoms with van der Waals surface area (Å²) in [6, 6.07) is 0. The number of thioether (sulfide) groups is 1. The molecule has 0 aromatic rings. The second-order valence-electron chi connectivity index (χ2n) is 6.42. The zero-order chi connectivity index (χ0) is 18.2. The first-order chi connectivity index (χ1) is 11.5. The molecule has 0 aliphatic heterocycles. The van der Waals surface area contributed by atoms with Crippen LogP contribution in [0.25, 0.3) is 0 Å². The summed E-state index contributed by atoms with van der Waals surface area (Å²) in [5.41, 5.74) is 0. The lowest BCUT2D eigenvalue weighted by atomic mass is 10.1. The maximum Gasteiger partial charge on any atom is 0.329 e. The molecule has 5 heteroatoms. The van der Waals surface area contributed by atoms with Crippen molar-refractivity contribution in [3.8, 4) is 0 Å². The Kier molecular flexibility index (Phi) is 15.3. The quantitative estimate of drug-likeness (QED) is 0.309. The molecule has 142 valence electrons. The fraction of sp³-hybridized carbons (Fsp3) is 0.895. The number of hydroxylamine groups is 2. The van der Waals surface area contributed by atoms with E-state index in [-0.39, 0.29) is 5.91 Å². The molecule has 0 fully saturated rings. The second kappa shape index (κ2) is 15.8. The van der Waals surface area contributed by atoms with Gasteiger partial charge in [0.2, 0.25) is 0 Å². The van der Waals surface area contributed by atoms with Gasteiger partial charge >= 0.3 is 5.97 Å². The lowest BCUT2D eigenvalue weighted by Gasteiger charge is -2.18. The van der Waals surface area contributed by atoms with E-state index in [9.17, 15) is 9.59 Å². The van der Waals surface area contributed by atoms with E-state index in [4.69, 9.17) is 4.84 Å². The van der Waals surface area contributed by atoms with Crippen LogP contribution in [-0.2, 0) is 14.4 Å². The van der Waals surface area contributed by atoms with E-state index in [1.807, 2.05) is 11.8 Å². The number of unbranched alkanes of at least 4 members (excludes halogenated alkanes) is 6. The molecule has 0 radical (unpaired) electrons. The molecular formula is C19H37NO3S. The normalized spacial score (nSPS) is 12.0. The summed E-state index contributed by atoms with van der Waals surface area (Å²) in [6.45, 7) is 5.78. The van der Waals surface area contributed by atoms with E-state index in [1.54, 1.807) is 0 Å². The third-order valence-electron chi connectivity index (χ3n) is 4.05. The summed E-state index contributed by atoms with van der Waals surface area (Å²) < 4.78 is 0. The maximum absolute atomic E-state index is 11.9. The van der Waals surface area contributed by atoms with Gasteiger partial charge in [0, 0.05) is 31.4 Å². The van der Waals surface area contributed by atoms with E-state index >= 15 is 0 Å². The monoisotopic (exact) mass is 359 g/mol. The Morgan fingerprint density at radius 2 is 1.50 bits per heavy atom. The van der Waals surface area contributed by atoms with Gasteiger partial charge in [0.1, 0.15) is 0 Å². The van der Waals surface area contributed by atoms with Crippen molar-refractivity contribution in [2.75, 3.05) is 12.8 Å². The Bertz CT molecular complexity index is 337. The number of hydrogen-bond donors (Lipinski definition) is 0. The lowest BCUT2D eigenvalue weighted by molar-refractivity contribution is -0.190. The van der Waals surface area contributed by atoms with Crippen LogP contribution in [0.5, 0.6) is 0 Å². The molecule has 1 amide bonds. The van der Waals surface area contributed by atoms with Crippen molar-refractivity contribution in [3.63, 3.8) is 0 Å². The van der Waals surface area contributed by atoms with Gasteiger partial charge in [0.15, 0.2) is 0 Å². The van der Waals surface area contributed by atoms with E-state index in [1.165, 1.54) is 78.2 Å². The maximum atomic E-state index is 11.9. The molecular weight excluding hydrogens is 322 g/mol. The zero-order valence-electron chi connectivity index (χ0n) is 16.1. The van der Waals surface area contributed by atoms with Crippen LogP contribution in [0.15, 0.2) is 0 Å². The average Bonchev–Trinajstić information content (AvgIpc) is 2.53. The summed E-state index contributed by atoms with van der Waals surface area (Å²) in [6.07, 6.45) is 13.3. The Morgan fingerprint density at radius 1 is 0.958 bits per heavy atom. The first-order valence-electron chi connectivity index (χ1n) is 9.57. The van der Waals surface area contributed by atoms with Crippen molar-refractivity contribution in [2.24, 2.45) is 0 Å². The Morgan fingerprint density at radius 3 is 2.08 bits per heavy atom. The van der Waals surface area contributed by atoms with Crippen LogP contribution in [-0.4, -0.2) is 35.0 Å². The minimum atomic E-state index is -0.456. The van der Waals surface area contributed by atoms with Gasteiger partial charge in [-0.2, -0.15) is 16.8 Å². The smallest absolute Gasteiger partial charge is 0.329 e. The van der Waals surface area contributed by atoms with Crippen LogP contribution in [0.2, 0.25) is 0 Å². The van der Waals surface area contributed by atoms with Gasteiger partial charge in [-0.05, 0) is 12.8 Å². The fourth-order valence-electron chi connectivity index (χ4n) is 2.62. The molecule has 1 unspecified atom stereocenters. The summed E-state index contributed by atoms with van der Waals surface area (Å²) in [4.78, 5) is 27.5. The van der Waals surface area contributed by atoms with E-state index in [0.29, 0.717) is 11.7 Å². The van der Waals surface area contributed by atoms with E-state index in [2.05, 4.69) is 13.8 Å². The van der Waals surface area contributed by atoms with Crippen LogP contribution in [0.3, 0.4) is 0 Å². The number of amides is 1. The Balaban J connectivity index is 4.04. The highest BCUT2D eigenvalue weighted by Gasteiger charge is 2.14. The molecule has 0 aromatic carbocycles. The minimum absolute atomic E-state index is 0.132. The van der Waals surface area contributed by atoms with E-state index < -0.39 is 5.97 Å². The third-order valence-corrected chi connectivity index (χ3v) is 5.43. The molecule has 0 bridgehead atoms. The van der Waals surface area contributed by atoms with Crippen LogP contribution in [0.4, 0.5) is 0 Å². The van der Waals surface area contributed by atoms with Crippen molar-refractivity contribution in [1.29, 1.82) is 0 Å². The second-order valence-corrected chi connectivity index (χ2v) is 7.82. The van der Waals surface area contributed by atoms with Gasteiger partial charge in [-0.15, -0.1) is 0 Å². The molecule has 0 N–H and O–H groups in total. The van der Waals surface area contributed by atoms with Crippen molar-refractivity contribution in [2.45, 2.75) is 96.7 Å². The SMILES string of the molecule is CCCCCCCC(CCCCC)SCCC(=O)N(C)OC(C)=O. The summed E-state index contributed by atoms with van der Waals surface area (Å²) >= 11 is 1.91. The molecule has 4 nitrogen and oxygen atoms in total. The molecule has 1 atom stereocenters. The van der Waals surface area contributed by atoms with Gasteiger partial charge < -0.3 is 4.84 Å². The summed E-state index contributed by atoms with van der Waals surface area (Å²) in [7, 11) is 1.50. The Labute approximate surface area is 153 Å². The number of carbonyl (C=O) groups excluding carboxylic acids is 2. The third kappa shape index (κ3) is 13.7. The van der Waals surface area contributed by atoms with Gasteiger partial charge in [0.05, 0.1) is 0 Å². The molecule has 24 heavy (non-hydrogen) atoms. The van der Waals surface area contributed by atoms with Crippen LogP contribution in [0.1, 0.15) is 91.4 Å². The highest BCUT2D eigenvalue weighted by molar-refractivity contribution is 7.99. The molecule has 0 heterocycles. The van der Waals surface area contributed by atoms with Crippen molar-refractivity contribution in [3.05, 3.63) is 0 Å². The van der Waals surface area contributed by atoms with Crippen LogP contribution >= 0.6 is 11.8 Å². The summed E-state index contributed by atoms with van der Waals surface area (Å²) in [5.74, 6) is 0.215. The largest absolute Gasteiger partial charge is 0.339 e. The molecule has 0 saturated heterocycles. The number of carbonyl (C=O) groups is 2. The van der Waals surface area contributed by atoms with Crippen molar-refractivity contribution in [1.82, 2.24) is 5.06 Å². The van der Waals surface area contributed by atoms with Crippen molar-refractivity contribution >= 4 is 23.6 Å².